The molecule has 1 N–H and O–H groups in total. The van der Waals surface area contributed by atoms with E-state index in [-0.39, 0.29) is 11.8 Å². The summed E-state index contributed by atoms with van der Waals surface area (Å²) in [4.78, 5) is 30.7. The van der Waals surface area contributed by atoms with E-state index in [2.05, 4.69) is 10.3 Å². The topological polar surface area (TPSA) is 62.3 Å². The van der Waals surface area contributed by atoms with Crippen molar-refractivity contribution in [2.45, 2.75) is 13.0 Å². The van der Waals surface area contributed by atoms with Crippen molar-refractivity contribution in [1.29, 1.82) is 0 Å². The maximum Gasteiger partial charge on any atom is 0.258 e. The number of hydrogen-bond donors (Lipinski definition) is 1. The zero-order valence-electron chi connectivity index (χ0n) is 15.4. The number of rotatable bonds is 4. The van der Waals surface area contributed by atoms with Crippen LogP contribution in [0.1, 0.15) is 31.8 Å². The molecule has 3 aromatic rings. The molecule has 1 aromatic heterocycles. The molecule has 0 atom stereocenters. The molecule has 0 spiro atoms. The summed E-state index contributed by atoms with van der Waals surface area (Å²) < 4.78 is 0. The number of nitrogens with zero attached hydrogens (tertiary/aromatic N) is 2. The maximum absolute atomic E-state index is 12.8. The second-order valence-electron chi connectivity index (χ2n) is 6.73. The number of hydrogen-bond acceptors (Lipinski definition) is 3. The van der Waals surface area contributed by atoms with Gasteiger partial charge in [0.15, 0.2) is 0 Å². The van der Waals surface area contributed by atoms with Gasteiger partial charge in [-0.05, 0) is 60.0 Å². The van der Waals surface area contributed by atoms with E-state index in [1.807, 2.05) is 18.2 Å². The molecule has 2 heterocycles. The molecule has 7 heteroatoms. The predicted molar refractivity (Wildman–Crippen MR) is 114 cm³/mol. The summed E-state index contributed by atoms with van der Waals surface area (Å²) in [5.74, 6) is -0.259. The zero-order chi connectivity index (χ0) is 20.4. The molecular formula is C22H17Cl2N3O2. The number of aromatic nitrogens is 1. The Balaban J connectivity index is 1.45. The van der Waals surface area contributed by atoms with E-state index >= 15 is 0 Å². The number of fused-ring (bicyclic) bond motifs is 1. The molecule has 1 aliphatic rings. The highest BCUT2D eigenvalue weighted by Gasteiger charge is 2.26. The van der Waals surface area contributed by atoms with Gasteiger partial charge in [0, 0.05) is 41.1 Å². The summed E-state index contributed by atoms with van der Waals surface area (Å²) in [7, 11) is 0. The van der Waals surface area contributed by atoms with Crippen molar-refractivity contribution < 1.29 is 9.59 Å². The van der Waals surface area contributed by atoms with Crippen LogP contribution in [0.4, 0.5) is 5.69 Å². The number of carbonyl (C=O) groups is 2. The fourth-order valence-corrected chi connectivity index (χ4v) is 3.65. The summed E-state index contributed by atoms with van der Waals surface area (Å²) in [5.41, 5.74) is 4.01. The molecule has 0 saturated heterocycles. The molecule has 0 saturated carbocycles. The van der Waals surface area contributed by atoms with Gasteiger partial charge in [0.25, 0.3) is 11.8 Å². The van der Waals surface area contributed by atoms with Crippen molar-refractivity contribution in [1.82, 2.24) is 10.3 Å². The van der Waals surface area contributed by atoms with Gasteiger partial charge in [0.1, 0.15) is 5.15 Å². The molecule has 2 aromatic carbocycles. The molecule has 4 rings (SSSR count). The third kappa shape index (κ3) is 4.26. The van der Waals surface area contributed by atoms with E-state index in [4.69, 9.17) is 23.2 Å². The fourth-order valence-electron chi connectivity index (χ4n) is 3.35. The summed E-state index contributed by atoms with van der Waals surface area (Å²) in [6.45, 7) is 1.01. The van der Waals surface area contributed by atoms with Crippen LogP contribution in [-0.2, 0) is 13.0 Å². The number of benzene rings is 2. The highest BCUT2D eigenvalue weighted by Crippen LogP contribution is 2.30. The average molecular weight is 426 g/mol. The van der Waals surface area contributed by atoms with E-state index in [9.17, 15) is 9.59 Å². The van der Waals surface area contributed by atoms with E-state index < -0.39 is 0 Å². The number of amides is 2. The van der Waals surface area contributed by atoms with Crippen LogP contribution in [-0.4, -0.2) is 23.3 Å². The van der Waals surface area contributed by atoms with Gasteiger partial charge in [-0.1, -0.05) is 35.3 Å². The Morgan fingerprint density at radius 1 is 1.00 bits per heavy atom. The van der Waals surface area contributed by atoms with Crippen LogP contribution in [0.3, 0.4) is 0 Å². The van der Waals surface area contributed by atoms with Gasteiger partial charge in [0.05, 0.1) is 0 Å². The number of nitrogens with one attached hydrogen (secondary N) is 1. The van der Waals surface area contributed by atoms with Crippen LogP contribution in [0.5, 0.6) is 0 Å². The normalized spacial score (nSPS) is 12.6. The highest BCUT2D eigenvalue weighted by atomic mass is 35.5. The van der Waals surface area contributed by atoms with Crippen LogP contribution in [0.25, 0.3) is 0 Å². The van der Waals surface area contributed by atoms with Crippen LogP contribution >= 0.6 is 23.2 Å². The van der Waals surface area contributed by atoms with Crippen LogP contribution in [0.15, 0.2) is 60.8 Å². The number of carbonyl (C=O) groups excluding carboxylic acids is 2. The molecule has 29 heavy (non-hydrogen) atoms. The molecule has 146 valence electrons. The SMILES string of the molecule is O=C(NCc1ccc2c(c1)CCN2C(=O)c1ccnc(Cl)c1)c1ccc(Cl)cc1. The second-order valence-corrected chi connectivity index (χ2v) is 7.55. The lowest BCUT2D eigenvalue weighted by molar-refractivity contribution is 0.0949. The first-order chi connectivity index (χ1) is 14.0. The lowest BCUT2D eigenvalue weighted by Crippen LogP contribution is -2.28. The Bertz CT molecular complexity index is 1080. The fraction of sp³-hybridized carbons (Fsp3) is 0.136. The van der Waals surface area contributed by atoms with Crippen LogP contribution < -0.4 is 10.2 Å². The molecule has 0 aliphatic carbocycles. The molecule has 5 nitrogen and oxygen atoms in total. The van der Waals surface area contributed by atoms with Crippen molar-refractivity contribution in [3.63, 3.8) is 0 Å². The van der Waals surface area contributed by atoms with Crippen LogP contribution in [0.2, 0.25) is 10.2 Å². The van der Waals surface area contributed by atoms with Crippen molar-refractivity contribution >= 4 is 40.7 Å². The first-order valence-electron chi connectivity index (χ1n) is 9.10. The zero-order valence-corrected chi connectivity index (χ0v) is 16.9. The van der Waals surface area contributed by atoms with E-state index in [1.54, 1.807) is 41.3 Å². The molecular weight excluding hydrogens is 409 g/mol. The second kappa shape index (κ2) is 8.23. The molecule has 0 radical (unpaired) electrons. The van der Waals surface area contributed by atoms with Gasteiger partial charge in [-0.15, -0.1) is 0 Å². The molecule has 0 bridgehead atoms. The number of pyridine rings is 1. The first kappa shape index (κ1) is 19.4. The Labute approximate surface area is 178 Å². The molecule has 2 amide bonds. The third-order valence-corrected chi connectivity index (χ3v) is 5.28. The quantitative estimate of drug-likeness (QED) is 0.624. The smallest absolute Gasteiger partial charge is 0.258 e. The summed E-state index contributed by atoms with van der Waals surface area (Å²) >= 11 is 11.8. The third-order valence-electron chi connectivity index (χ3n) is 4.82. The van der Waals surface area contributed by atoms with Crippen molar-refractivity contribution in [3.05, 3.63) is 93.2 Å². The maximum atomic E-state index is 12.8. The van der Waals surface area contributed by atoms with Crippen molar-refractivity contribution in [3.8, 4) is 0 Å². The summed E-state index contributed by atoms with van der Waals surface area (Å²) in [6.07, 6.45) is 2.29. The van der Waals surface area contributed by atoms with E-state index in [1.165, 1.54) is 6.20 Å². The Kier molecular flexibility index (Phi) is 5.51. The summed E-state index contributed by atoms with van der Waals surface area (Å²) in [6, 6.07) is 15.9. The largest absolute Gasteiger partial charge is 0.348 e. The highest BCUT2D eigenvalue weighted by molar-refractivity contribution is 6.30. The van der Waals surface area contributed by atoms with Gasteiger partial charge in [0.2, 0.25) is 0 Å². The molecule has 0 unspecified atom stereocenters. The Hall–Kier alpha value is -2.89. The minimum atomic E-state index is -0.159. The standard InChI is InChI=1S/C22H17Cl2N3O2/c23-18-4-2-15(3-5-18)21(28)26-13-14-1-6-19-16(11-14)8-10-27(19)22(29)17-7-9-25-20(24)12-17/h1-7,9,11-12H,8,10,13H2,(H,26,28). The van der Waals surface area contributed by atoms with E-state index in [0.29, 0.717) is 34.4 Å². The monoisotopic (exact) mass is 425 g/mol. The van der Waals surface area contributed by atoms with Gasteiger partial charge in [-0.3, -0.25) is 9.59 Å². The molecule has 1 aliphatic heterocycles. The average Bonchev–Trinajstić information content (AvgIpc) is 3.15. The van der Waals surface area contributed by atoms with Gasteiger partial charge >= 0.3 is 0 Å². The number of anilines is 1. The van der Waals surface area contributed by atoms with Gasteiger partial charge in [-0.25, -0.2) is 4.98 Å². The first-order valence-corrected chi connectivity index (χ1v) is 9.86. The lowest BCUT2D eigenvalue weighted by Gasteiger charge is -2.18. The van der Waals surface area contributed by atoms with Crippen molar-refractivity contribution in [2.75, 3.05) is 11.4 Å². The minimum absolute atomic E-state index is 0.100. The van der Waals surface area contributed by atoms with Crippen molar-refractivity contribution in [2.24, 2.45) is 0 Å². The van der Waals surface area contributed by atoms with E-state index in [0.717, 1.165) is 23.2 Å². The van der Waals surface area contributed by atoms with Gasteiger partial charge in [-0.2, -0.15) is 0 Å². The Morgan fingerprint density at radius 3 is 2.55 bits per heavy atom. The lowest BCUT2D eigenvalue weighted by atomic mass is 10.1. The predicted octanol–water partition coefficient (Wildman–Crippen LogP) is 4.52. The Morgan fingerprint density at radius 2 is 1.79 bits per heavy atom. The van der Waals surface area contributed by atoms with Gasteiger partial charge < -0.3 is 10.2 Å². The molecule has 0 fully saturated rings. The van der Waals surface area contributed by atoms with Crippen LogP contribution in [0, 0.1) is 0 Å². The number of halogens is 2. The summed E-state index contributed by atoms with van der Waals surface area (Å²) in [5, 5.41) is 3.79. The minimum Gasteiger partial charge on any atom is -0.348 e.